The van der Waals surface area contributed by atoms with Crippen molar-refractivity contribution in [3.05, 3.63) is 24.3 Å². The Balaban J connectivity index is 1.87. The molecule has 23 heavy (non-hydrogen) atoms. The molecule has 0 saturated heterocycles. The van der Waals surface area contributed by atoms with E-state index in [0.717, 1.165) is 12.8 Å². The van der Waals surface area contributed by atoms with Crippen molar-refractivity contribution >= 4 is 0 Å². The molecule has 3 aliphatic rings. The highest BCUT2D eigenvalue weighted by molar-refractivity contribution is 5.35. The van der Waals surface area contributed by atoms with Gasteiger partial charge in [0.15, 0.2) is 0 Å². The lowest BCUT2D eigenvalue weighted by Crippen LogP contribution is -2.21. The highest BCUT2D eigenvalue weighted by Crippen LogP contribution is 2.91. The van der Waals surface area contributed by atoms with E-state index in [-0.39, 0.29) is 0 Å². The zero-order valence-electron chi connectivity index (χ0n) is 16.5. The van der Waals surface area contributed by atoms with Crippen LogP contribution in [0.3, 0.4) is 0 Å². The molecule has 130 valence electrons. The molecule has 0 aromatic rings. The summed E-state index contributed by atoms with van der Waals surface area (Å²) in [5, 5.41) is 0. The van der Waals surface area contributed by atoms with Crippen LogP contribution in [0.15, 0.2) is 24.3 Å². The van der Waals surface area contributed by atoms with Gasteiger partial charge in [-0.15, -0.1) is 0 Å². The molecule has 0 aromatic carbocycles. The lowest BCUT2D eigenvalue weighted by Gasteiger charge is -2.32. The van der Waals surface area contributed by atoms with E-state index in [1.807, 2.05) is 0 Å². The Morgan fingerprint density at radius 2 is 1.48 bits per heavy atom. The lowest BCUT2D eigenvalue weighted by molar-refractivity contribution is 0.186. The summed E-state index contributed by atoms with van der Waals surface area (Å²) in [7, 11) is 0. The van der Waals surface area contributed by atoms with E-state index < -0.39 is 0 Å². The van der Waals surface area contributed by atoms with E-state index in [9.17, 15) is 0 Å². The molecule has 1 unspecified atom stereocenters. The van der Waals surface area contributed by atoms with Gasteiger partial charge in [0.25, 0.3) is 0 Å². The molecule has 0 N–H and O–H groups in total. The molecule has 0 amide bonds. The Morgan fingerprint density at radius 3 is 1.83 bits per heavy atom. The van der Waals surface area contributed by atoms with E-state index in [1.54, 1.807) is 0 Å². The van der Waals surface area contributed by atoms with Gasteiger partial charge in [0.05, 0.1) is 0 Å². The molecule has 0 heteroatoms. The molecule has 3 aliphatic carbocycles. The first-order chi connectivity index (χ1) is 10.5. The van der Waals surface area contributed by atoms with Gasteiger partial charge in [-0.05, 0) is 72.0 Å². The predicted molar refractivity (Wildman–Crippen MR) is 101 cm³/mol. The van der Waals surface area contributed by atoms with E-state index in [1.165, 1.54) is 43.3 Å². The second-order valence-corrected chi connectivity index (χ2v) is 10.7. The van der Waals surface area contributed by atoms with Crippen molar-refractivity contribution in [2.45, 2.75) is 86.5 Å². The Bertz CT molecular complexity index is 523. The molecular formula is C23H38. The van der Waals surface area contributed by atoms with Crippen LogP contribution in [-0.2, 0) is 0 Å². The maximum absolute atomic E-state index is 4.58. The Labute approximate surface area is 144 Å². The minimum absolute atomic E-state index is 0.345. The van der Waals surface area contributed by atoms with Gasteiger partial charge < -0.3 is 0 Å². The highest BCUT2D eigenvalue weighted by Gasteiger charge is 2.84. The molecule has 2 spiro atoms. The minimum atomic E-state index is 0.345. The number of allylic oxidation sites excluding steroid dienone is 2. The summed E-state index contributed by atoms with van der Waals surface area (Å²) in [6, 6.07) is 0. The molecule has 3 atom stereocenters. The van der Waals surface area contributed by atoms with Crippen molar-refractivity contribution in [2.75, 3.05) is 0 Å². The van der Waals surface area contributed by atoms with Gasteiger partial charge in [0, 0.05) is 0 Å². The van der Waals surface area contributed by atoms with E-state index >= 15 is 0 Å². The molecule has 3 saturated carbocycles. The monoisotopic (exact) mass is 314 g/mol. The lowest BCUT2D eigenvalue weighted by atomic mass is 9.73. The Kier molecular flexibility index (Phi) is 3.76. The normalized spacial score (nSPS) is 37.0. The number of fused-ring (bicyclic) bond motifs is 1. The summed E-state index contributed by atoms with van der Waals surface area (Å²) in [5.41, 5.74) is 5.14. The first-order valence-corrected chi connectivity index (χ1v) is 9.87. The van der Waals surface area contributed by atoms with Crippen LogP contribution in [-0.4, -0.2) is 0 Å². The molecule has 0 aromatic heterocycles. The first-order valence-electron chi connectivity index (χ1n) is 9.87. The topological polar surface area (TPSA) is 0 Å². The number of hydrogen-bond acceptors (Lipinski definition) is 0. The first kappa shape index (κ1) is 17.3. The second kappa shape index (κ2) is 4.99. The standard InChI is InChI=1S/C23H38/c1-9-16(2)18-14-23(21(7,8)22(23)11-10-12-22)15-19(18)17(3)13-20(4,5)6/h18-19H,2-3,9-15H2,1,4-8H3/t18-,19?,23+/m0/s1. The van der Waals surface area contributed by atoms with Crippen LogP contribution >= 0.6 is 0 Å². The maximum atomic E-state index is 4.58. The van der Waals surface area contributed by atoms with Crippen molar-refractivity contribution in [2.24, 2.45) is 33.5 Å². The predicted octanol–water partition coefficient (Wildman–Crippen LogP) is 7.17. The smallest absolute Gasteiger partial charge is 0.0134 e. The Hall–Kier alpha value is -0.520. The minimum Gasteiger partial charge on any atom is -0.0996 e. The van der Waals surface area contributed by atoms with Crippen LogP contribution in [0, 0.1) is 33.5 Å². The molecule has 3 fully saturated rings. The molecule has 0 heterocycles. The summed E-state index contributed by atoms with van der Waals surface area (Å²) in [4.78, 5) is 0. The average molecular weight is 315 g/mol. The average Bonchev–Trinajstić information content (AvgIpc) is 2.68. The fourth-order valence-corrected chi connectivity index (χ4v) is 6.84. The van der Waals surface area contributed by atoms with Crippen LogP contribution in [0.2, 0.25) is 0 Å². The quantitative estimate of drug-likeness (QED) is 0.482. The van der Waals surface area contributed by atoms with Gasteiger partial charge in [-0.1, -0.05) is 72.3 Å². The van der Waals surface area contributed by atoms with Crippen molar-refractivity contribution in [1.29, 1.82) is 0 Å². The fraction of sp³-hybridized carbons (Fsp3) is 0.826. The molecule has 0 radical (unpaired) electrons. The van der Waals surface area contributed by atoms with Gasteiger partial charge in [-0.2, -0.15) is 0 Å². The second-order valence-electron chi connectivity index (χ2n) is 10.7. The summed E-state index contributed by atoms with van der Waals surface area (Å²) in [6.45, 7) is 23.5. The van der Waals surface area contributed by atoms with Crippen molar-refractivity contribution in [1.82, 2.24) is 0 Å². The summed E-state index contributed by atoms with van der Waals surface area (Å²) in [6.07, 6.45) is 9.48. The van der Waals surface area contributed by atoms with Gasteiger partial charge >= 0.3 is 0 Å². The third-order valence-electron chi connectivity index (χ3n) is 8.34. The van der Waals surface area contributed by atoms with E-state index in [2.05, 4.69) is 54.7 Å². The van der Waals surface area contributed by atoms with Gasteiger partial charge in [0.2, 0.25) is 0 Å². The van der Waals surface area contributed by atoms with E-state index in [0.29, 0.717) is 33.5 Å². The third kappa shape index (κ3) is 2.16. The SMILES string of the molecule is C=C(CC(C)(C)C)C1C[C@]2(C[C@H]1C(=C)CC)C(C)(C)C21CCC1. The van der Waals surface area contributed by atoms with Gasteiger partial charge in [0.1, 0.15) is 0 Å². The van der Waals surface area contributed by atoms with Crippen molar-refractivity contribution in [3.8, 4) is 0 Å². The summed E-state index contributed by atoms with van der Waals surface area (Å²) < 4.78 is 0. The van der Waals surface area contributed by atoms with Crippen LogP contribution in [0.1, 0.15) is 86.5 Å². The van der Waals surface area contributed by atoms with Crippen LogP contribution in [0.25, 0.3) is 0 Å². The molecule has 0 nitrogen and oxygen atoms in total. The van der Waals surface area contributed by atoms with Crippen LogP contribution < -0.4 is 0 Å². The molecule has 0 aliphatic heterocycles. The number of rotatable bonds is 4. The van der Waals surface area contributed by atoms with Crippen molar-refractivity contribution < 1.29 is 0 Å². The summed E-state index contributed by atoms with van der Waals surface area (Å²) >= 11 is 0. The number of hydrogen-bond donors (Lipinski definition) is 0. The molecular weight excluding hydrogens is 276 g/mol. The van der Waals surface area contributed by atoms with Gasteiger partial charge in [-0.25, -0.2) is 0 Å². The zero-order valence-corrected chi connectivity index (χ0v) is 16.5. The van der Waals surface area contributed by atoms with Crippen LogP contribution in [0.5, 0.6) is 0 Å². The molecule has 3 rings (SSSR count). The van der Waals surface area contributed by atoms with Crippen LogP contribution in [0.4, 0.5) is 0 Å². The van der Waals surface area contributed by atoms with Crippen molar-refractivity contribution in [3.63, 3.8) is 0 Å². The largest absolute Gasteiger partial charge is 0.0996 e. The van der Waals surface area contributed by atoms with Gasteiger partial charge in [-0.3, -0.25) is 0 Å². The maximum Gasteiger partial charge on any atom is -0.0134 e. The zero-order chi connectivity index (χ0) is 17.3. The summed E-state index contributed by atoms with van der Waals surface area (Å²) in [5.74, 6) is 1.37. The molecule has 0 bridgehead atoms. The fourth-order valence-electron chi connectivity index (χ4n) is 6.84. The third-order valence-corrected chi connectivity index (χ3v) is 8.34. The highest BCUT2D eigenvalue weighted by atomic mass is 14.9. The Morgan fingerprint density at radius 1 is 0.957 bits per heavy atom. The van der Waals surface area contributed by atoms with E-state index in [4.69, 9.17) is 0 Å².